The number of nitrogens with zero attached hydrogens (tertiary/aromatic N) is 2. The Morgan fingerprint density at radius 2 is 1.90 bits per heavy atom. The van der Waals surface area contributed by atoms with Crippen molar-refractivity contribution in [1.82, 2.24) is 9.80 Å². The molecule has 0 saturated carbocycles. The van der Waals surface area contributed by atoms with Crippen LogP contribution in [0.4, 0.5) is 0 Å². The number of phenols is 1. The fourth-order valence-corrected chi connectivity index (χ4v) is 1.78. The normalized spacial score (nSPS) is 10.6. The number of hydrogen-bond donors (Lipinski definition) is 2. The molecule has 2 N–H and O–H groups in total. The first kappa shape index (κ1) is 16.3. The highest BCUT2D eigenvalue weighted by atomic mass is 35.5. The number of carbonyl (C=O) groups is 2. The fraction of sp³-hybridized carbons (Fsp3) is 0.385. The van der Waals surface area contributed by atoms with E-state index in [1.165, 1.54) is 23.1 Å². The van der Waals surface area contributed by atoms with Crippen LogP contribution in [-0.4, -0.2) is 65.6 Å². The molecule has 0 fully saturated rings. The quantitative estimate of drug-likeness (QED) is 0.823. The average molecular weight is 301 g/mol. The first-order valence-corrected chi connectivity index (χ1v) is 6.33. The van der Waals surface area contributed by atoms with Gasteiger partial charge in [-0.15, -0.1) is 0 Å². The maximum absolute atomic E-state index is 12.3. The van der Waals surface area contributed by atoms with Crippen molar-refractivity contribution in [2.75, 3.05) is 33.7 Å². The molecular weight excluding hydrogens is 284 g/mol. The molecule has 0 atom stereocenters. The third-order valence-electron chi connectivity index (χ3n) is 2.61. The molecule has 0 aliphatic heterocycles. The minimum atomic E-state index is -1.10. The third kappa shape index (κ3) is 4.71. The topological polar surface area (TPSA) is 81.1 Å². The van der Waals surface area contributed by atoms with E-state index in [2.05, 4.69) is 0 Å². The molecule has 0 aromatic heterocycles. The van der Waals surface area contributed by atoms with Gasteiger partial charge in [0, 0.05) is 13.1 Å². The molecule has 0 spiro atoms. The van der Waals surface area contributed by atoms with E-state index in [1.807, 2.05) is 19.0 Å². The van der Waals surface area contributed by atoms with Crippen molar-refractivity contribution < 1.29 is 19.8 Å². The largest absolute Gasteiger partial charge is 0.508 e. The summed E-state index contributed by atoms with van der Waals surface area (Å²) in [5, 5.41) is 18.5. The lowest BCUT2D eigenvalue weighted by atomic mass is 10.2. The van der Waals surface area contributed by atoms with E-state index in [4.69, 9.17) is 16.7 Å². The molecule has 0 bridgehead atoms. The van der Waals surface area contributed by atoms with Gasteiger partial charge in [-0.05, 0) is 32.3 Å². The highest BCUT2D eigenvalue weighted by Gasteiger charge is 2.21. The van der Waals surface area contributed by atoms with E-state index in [-0.39, 0.29) is 22.9 Å². The molecule has 20 heavy (non-hydrogen) atoms. The zero-order valence-electron chi connectivity index (χ0n) is 11.3. The van der Waals surface area contributed by atoms with Crippen molar-refractivity contribution in [3.63, 3.8) is 0 Å². The number of rotatable bonds is 6. The van der Waals surface area contributed by atoms with E-state index in [0.717, 1.165) is 0 Å². The van der Waals surface area contributed by atoms with Crippen molar-refractivity contribution in [3.05, 3.63) is 28.8 Å². The van der Waals surface area contributed by atoms with Crippen LogP contribution in [0.15, 0.2) is 18.2 Å². The van der Waals surface area contributed by atoms with Crippen LogP contribution in [0.3, 0.4) is 0 Å². The van der Waals surface area contributed by atoms with E-state index in [0.29, 0.717) is 6.54 Å². The summed E-state index contributed by atoms with van der Waals surface area (Å²) >= 11 is 5.92. The van der Waals surface area contributed by atoms with Gasteiger partial charge in [0.25, 0.3) is 5.91 Å². The zero-order chi connectivity index (χ0) is 15.3. The number of aromatic hydroxyl groups is 1. The Kier molecular flexibility index (Phi) is 5.79. The summed E-state index contributed by atoms with van der Waals surface area (Å²) in [5.74, 6) is -1.72. The van der Waals surface area contributed by atoms with Crippen LogP contribution in [0.1, 0.15) is 10.4 Å². The monoisotopic (exact) mass is 300 g/mol. The molecule has 1 aromatic rings. The molecule has 110 valence electrons. The molecule has 1 amide bonds. The van der Waals surface area contributed by atoms with E-state index in [1.54, 1.807) is 0 Å². The van der Waals surface area contributed by atoms with E-state index >= 15 is 0 Å². The second kappa shape index (κ2) is 7.12. The van der Waals surface area contributed by atoms with Crippen molar-refractivity contribution in [1.29, 1.82) is 0 Å². The SMILES string of the molecule is CN(C)CCN(CC(=O)O)C(=O)c1cc(O)ccc1Cl. The first-order chi connectivity index (χ1) is 9.31. The lowest BCUT2D eigenvalue weighted by molar-refractivity contribution is -0.137. The molecule has 6 nitrogen and oxygen atoms in total. The maximum atomic E-state index is 12.3. The molecular formula is C13H17ClN2O4. The number of amides is 1. The average Bonchev–Trinajstić information content (AvgIpc) is 2.36. The standard InChI is InChI=1S/C13H17ClN2O4/c1-15(2)5-6-16(8-12(18)19)13(20)10-7-9(17)3-4-11(10)14/h3-4,7,17H,5-6,8H2,1-2H3,(H,18,19). The predicted molar refractivity (Wildman–Crippen MR) is 75.2 cm³/mol. The van der Waals surface area contributed by atoms with Gasteiger partial charge >= 0.3 is 5.97 Å². The fourth-order valence-electron chi connectivity index (χ4n) is 1.58. The Bertz CT molecular complexity index is 505. The number of aliphatic carboxylic acids is 1. The van der Waals surface area contributed by atoms with E-state index < -0.39 is 18.4 Å². The van der Waals surface area contributed by atoms with Crippen LogP contribution < -0.4 is 0 Å². The van der Waals surface area contributed by atoms with E-state index in [9.17, 15) is 14.7 Å². The van der Waals surface area contributed by atoms with Crippen molar-refractivity contribution in [2.45, 2.75) is 0 Å². The second-order valence-corrected chi connectivity index (χ2v) is 5.00. The number of benzene rings is 1. The molecule has 0 saturated heterocycles. The first-order valence-electron chi connectivity index (χ1n) is 5.95. The van der Waals surface area contributed by atoms with Gasteiger partial charge in [-0.2, -0.15) is 0 Å². The summed E-state index contributed by atoms with van der Waals surface area (Å²) in [6, 6.07) is 3.99. The third-order valence-corrected chi connectivity index (χ3v) is 2.94. The molecule has 0 radical (unpaired) electrons. The summed E-state index contributed by atoms with van der Waals surface area (Å²) < 4.78 is 0. The summed E-state index contributed by atoms with van der Waals surface area (Å²) in [5.41, 5.74) is 0.0895. The van der Waals surface area contributed by atoms with Gasteiger partial charge in [-0.25, -0.2) is 0 Å². The Hall–Kier alpha value is -1.79. The number of carbonyl (C=O) groups excluding carboxylic acids is 1. The number of likely N-dealkylation sites (N-methyl/N-ethyl adjacent to an activating group) is 1. The van der Waals surface area contributed by atoms with Gasteiger partial charge in [-0.1, -0.05) is 11.6 Å². The van der Waals surface area contributed by atoms with Crippen LogP contribution >= 0.6 is 11.6 Å². The molecule has 1 rings (SSSR count). The molecule has 1 aromatic carbocycles. The molecule has 0 unspecified atom stereocenters. The van der Waals surface area contributed by atoms with Gasteiger partial charge in [0.2, 0.25) is 0 Å². The number of carboxylic acids is 1. The van der Waals surface area contributed by atoms with Crippen molar-refractivity contribution in [2.24, 2.45) is 0 Å². The van der Waals surface area contributed by atoms with Gasteiger partial charge < -0.3 is 20.0 Å². The molecule has 7 heteroatoms. The number of hydrogen-bond acceptors (Lipinski definition) is 4. The zero-order valence-corrected chi connectivity index (χ0v) is 12.1. The number of carboxylic acid groups (broad SMARTS) is 1. The number of phenolic OH excluding ortho intramolecular Hbond substituents is 1. The van der Waals surface area contributed by atoms with Crippen LogP contribution in [-0.2, 0) is 4.79 Å². The van der Waals surface area contributed by atoms with Gasteiger partial charge in [-0.3, -0.25) is 9.59 Å². The summed E-state index contributed by atoms with van der Waals surface area (Å²) in [7, 11) is 3.65. The summed E-state index contributed by atoms with van der Waals surface area (Å²) in [6.07, 6.45) is 0. The Morgan fingerprint density at radius 3 is 2.45 bits per heavy atom. The highest BCUT2D eigenvalue weighted by Crippen LogP contribution is 2.22. The predicted octanol–water partition coefficient (Wildman–Crippen LogP) is 1.13. The van der Waals surface area contributed by atoms with Crippen molar-refractivity contribution in [3.8, 4) is 5.75 Å². The Balaban J connectivity index is 2.96. The van der Waals surface area contributed by atoms with Gasteiger partial charge in [0.05, 0.1) is 10.6 Å². The van der Waals surface area contributed by atoms with Crippen LogP contribution in [0.2, 0.25) is 5.02 Å². The summed E-state index contributed by atoms with van der Waals surface area (Å²) in [6.45, 7) is 0.359. The van der Waals surface area contributed by atoms with Crippen LogP contribution in [0.5, 0.6) is 5.75 Å². The minimum absolute atomic E-state index is 0.0895. The lowest BCUT2D eigenvalue weighted by Crippen LogP contribution is -2.40. The van der Waals surface area contributed by atoms with Crippen molar-refractivity contribution >= 4 is 23.5 Å². The Morgan fingerprint density at radius 1 is 1.25 bits per heavy atom. The van der Waals surface area contributed by atoms with Crippen LogP contribution in [0, 0.1) is 0 Å². The summed E-state index contributed by atoms with van der Waals surface area (Å²) in [4.78, 5) is 26.2. The maximum Gasteiger partial charge on any atom is 0.323 e. The van der Waals surface area contributed by atoms with Crippen LogP contribution in [0.25, 0.3) is 0 Å². The Labute approximate surface area is 122 Å². The highest BCUT2D eigenvalue weighted by molar-refractivity contribution is 6.33. The molecule has 0 heterocycles. The van der Waals surface area contributed by atoms with Gasteiger partial charge in [0.15, 0.2) is 0 Å². The molecule has 0 aliphatic carbocycles. The number of halogens is 1. The minimum Gasteiger partial charge on any atom is -0.508 e. The smallest absolute Gasteiger partial charge is 0.323 e. The second-order valence-electron chi connectivity index (χ2n) is 4.59. The lowest BCUT2D eigenvalue weighted by Gasteiger charge is -2.23. The molecule has 0 aliphatic rings. The van der Waals surface area contributed by atoms with Gasteiger partial charge in [0.1, 0.15) is 12.3 Å².